The van der Waals surface area contributed by atoms with Crippen LogP contribution < -0.4 is 5.32 Å². The summed E-state index contributed by atoms with van der Waals surface area (Å²) in [7, 11) is 0. The fourth-order valence-electron chi connectivity index (χ4n) is 1.97. The van der Waals surface area contributed by atoms with E-state index in [4.69, 9.17) is 9.84 Å². The SMILES string of the molecule is O=C(O)C1COCCN1C(=O)NCc1ccccc1Br. The van der Waals surface area contributed by atoms with Crippen molar-refractivity contribution in [1.29, 1.82) is 0 Å². The molecule has 1 unspecified atom stereocenters. The van der Waals surface area contributed by atoms with Crippen LogP contribution in [0.3, 0.4) is 0 Å². The van der Waals surface area contributed by atoms with Crippen LogP contribution in [0.25, 0.3) is 0 Å². The minimum atomic E-state index is -1.05. The van der Waals surface area contributed by atoms with Crippen molar-refractivity contribution in [3.63, 3.8) is 0 Å². The molecule has 0 radical (unpaired) electrons. The van der Waals surface area contributed by atoms with Gasteiger partial charge in [-0.3, -0.25) is 0 Å². The lowest BCUT2D eigenvalue weighted by molar-refractivity contribution is -0.147. The highest BCUT2D eigenvalue weighted by Crippen LogP contribution is 2.15. The highest BCUT2D eigenvalue weighted by Gasteiger charge is 2.32. The molecular formula is C13H15BrN2O4. The van der Waals surface area contributed by atoms with Gasteiger partial charge in [-0.05, 0) is 11.6 Å². The lowest BCUT2D eigenvalue weighted by atomic mass is 10.2. The van der Waals surface area contributed by atoms with E-state index >= 15 is 0 Å². The number of carbonyl (C=O) groups excluding carboxylic acids is 1. The second-order valence-corrected chi connectivity index (χ2v) is 5.23. The van der Waals surface area contributed by atoms with Crippen molar-refractivity contribution >= 4 is 27.9 Å². The molecule has 2 rings (SSSR count). The van der Waals surface area contributed by atoms with E-state index in [1.54, 1.807) is 0 Å². The highest BCUT2D eigenvalue weighted by molar-refractivity contribution is 9.10. The third-order valence-electron chi connectivity index (χ3n) is 3.06. The Morgan fingerprint density at radius 3 is 2.90 bits per heavy atom. The smallest absolute Gasteiger partial charge is 0.328 e. The number of morpholine rings is 1. The summed E-state index contributed by atoms with van der Waals surface area (Å²) in [6.07, 6.45) is 0. The highest BCUT2D eigenvalue weighted by atomic mass is 79.9. The third-order valence-corrected chi connectivity index (χ3v) is 3.84. The summed E-state index contributed by atoms with van der Waals surface area (Å²) in [5.41, 5.74) is 0.931. The van der Waals surface area contributed by atoms with Gasteiger partial charge in [0.1, 0.15) is 0 Å². The van der Waals surface area contributed by atoms with Gasteiger partial charge in [-0.1, -0.05) is 34.1 Å². The molecule has 1 heterocycles. The van der Waals surface area contributed by atoms with Crippen molar-refractivity contribution < 1.29 is 19.4 Å². The van der Waals surface area contributed by atoms with Crippen LogP contribution in [0.2, 0.25) is 0 Å². The first-order valence-electron chi connectivity index (χ1n) is 6.18. The monoisotopic (exact) mass is 342 g/mol. The van der Waals surface area contributed by atoms with Crippen LogP contribution in [0.4, 0.5) is 4.79 Å². The molecule has 20 heavy (non-hydrogen) atoms. The lowest BCUT2D eigenvalue weighted by Gasteiger charge is -2.32. The van der Waals surface area contributed by atoms with Crippen LogP contribution in [0, 0.1) is 0 Å². The number of nitrogens with zero attached hydrogens (tertiary/aromatic N) is 1. The van der Waals surface area contributed by atoms with Gasteiger partial charge in [0.25, 0.3) is 0 Å². The number of carboxylic acids is 1. The summed E-state index contributed by atoms with van der Waals surface area (Å²) in [4.78, 5) is 24.5. The molecule has 7 heteroatoms. The first-order chi connectivity index (χ1) is 9.59. The molecule has 108 valence electrons. The molecule has 0 saturated carbocycles. The molecule has 1 aliphatic rings. The number of hydrogen-bond donors (Lipinski definition) is 2. The maximum absolute atomic E-state index is 12.1. The minimum absolute atomic E-state index is 0.0256. The van der Waals surface area contributed by atoms with E-state index < -0.39 is 18.0 Å². The van der Waals surface area contributed by atoms with Gasteiger partial charge in [0, 0.05) is 17.6 Å². The van der Waals surface area contributed by atoms with Gasteiger partial charge in [0.05, 0.1) is 13.2 Å². The van der Waals surface area contributed by atoms with Crippen LogP contribution in [-0.2, 0) is 16.1 Å². The van der Waals surface area contributed by atoms with Gasteiger partial charge in [-0.25, -0.2) is 9.59 Å². The summed E-state index contributed by atoms with van der Waals surface area (Å²) in [5.74, 6) is -1.05. The second-order valence-electron chi connectivity index (χ2n) is 4.37. The lowest BCUT2D eigenvalue weighted by Crippen LogP contribution is -2.55. The molecule has 1 aromatic carbocycles. The number of carbonyl (C=O) groups is 2. The summed E-state index contributed by atoms with van der Waals surface area (Å²) in [6, 6.07) is 6.22. The summed E-state index contributed by atoms with van der Waals surface area (Å²) in [6.45, 7) is 0.993. The zero-order valence-corrected chi connectivity index (χ0v) is 12.3. The Bertz CT molecular complexity index is 509. The van der Waals surface area contributed by atoms with E-state index in [0.29, 0.717) is 13.2 Å². The molecule has 1 fully saturated rings. The zero-order chi connectivity index (χ0) is 14.5. The number of amides is 2. The Labute approximate surface area is 124 Å². The number of nitrogens with one attached hydrogen (secondary N) is 1. The average Bonchev–Trinajstić information content (AvgIpc) is 2.46. The Balaban J connectivity index is 1.97. The van der Waals surface area contributed by atoms with Gasteiger partial charge >= 0.3 is 12.0 Å². The zero-order valence-electron chi connectivity index (χ0n) is 10.7. The van der Waals surface area contributed by atoms with Gasteiger partial charge in [-0.15, -0.1) is 0 Å². The molecule has 1 aromatic rings. The largest absolute Gasteiger partial charge is 0.480 e. The summed E-state index contributed by atoms with van der Waals surface area (Å²) < 4.78 is 6.00. The van der Waals surface area contributed by atoms with Crippen molar-refractivity contribution in [2.45, 2.75) is 12.6 Å². The molecule has 0 aromatic heterocycles. The Morgan fingerprint density at radius 2 is 2.20 bits per heavy atom. The number of benzene rings is 1. The van der Waals surface area contributed by atoms with Crippen molar-refractivity contribution in [1.82, 2.24) is 10.2 Å². The van der Waals surface area contributed by atoms with Crippen LogP contribution in [-0.4, -0.2) is 47.8 Å². The first kappa shape index (κ1) is 14.8. The molecule has 2 N–H and O–H groups in total. The molecule has 0 spiro atoms. The molecule has 0 aliphatic carbocycles. The van der Waals surface area contributed by atoms with E-state index in [1.807, 2.05) is 24.3 Å². The van der Waals surface area contributed by atoms with Crippen LogP contribution in [0.15, 0.2) is 28.7 Å². The number of rotatable bonds is 3. The van der Waals surface area contributed by atoms with Crippen molar-refractivity contribution in [2.24, 2.45) is 0 Å². The maximum atomic E-state index is 12.1. The van der Waals surface area contributed by atoms with E-state index in [0.717, 1.165) is 10.0 Å². The quantitative estimate of drug-likeness (QED) is 0.871. The van der Waals surface area contributed by atoms with Gasteiger partial charge < -0.3 is 20.1 Å². The standard InChI is InChI=1S/C13H15BrN2O4/c14-10-4-2-1-3-9(10)7-15-13(19)16-5-6-20-8-11(16)12(17)18/h1-4,11H,5-8H2,(H,15,19)(H,17,18). The number of hydrogen-bond acceptors (Lipinski definition) is 3. The fraction of sp³-hybridized carbons (Fsp3) is 0.385. The topological polar surface area (TPSA) is 78.9 Å². The van der Waals surface area contributed by atoms with Crippen LogP contribution in [0.1, 0.15) is 5.56 Å². The predicted octanol–water partition coefficient (Wildman–Crippen LogP) is 1.44. The minimum Gasteiger partial charge on any atom is -0.480 e. The number of ether oxygens (including phenoxy) is 1. The number of carboxylic acid groups (broad SMARTS) is 1. The van der Waals surface area contributed by atoms with E-state index in [2.05, 4.69) is 21.2 Å². The summed E-state index contributed by atoms with van der Waals surface area (Å²) in [5, 5.41) is 11.8. The Hall–Kier alpha value is -1.60. The molecule has 1 saturated heterocycles. The van der Waals surface area contributed by atoms with Crippen molar-refractivity contribution in [3.8, 4) is 0 Å². The number of aliphatic carboxylic acids is 1. The number of halogens is 1. The normalized spacial score (nSPS) is 18.6. The Morgan fingerprint density at radius 1 is 1.45 bits per heavy atom. The second kappa shape index (κ2) is 6.71. The summed E-state index contributed by atoms with van der Waals surface area (Å²) >= 11 is 3.40. The predicted molar refractivity (Wildman–Crippen MR) is 75.3 cm³/mol. The van der Waals surface area contributed by atoms with Gasteiger partial charge in [-0.2, -0.15) is 0 Å². The van der Waals surface area contributed by atoms with E-state index in [1.165, 1.54) is 4.90 Å². The Kier molecular flexibility index (Phi) is 4.97. The molecule has 0 bridgehead atoms. The first-order valence-corrected chi connectivity index (χ1v) is 6.97. The van der Waals surface area contributed by atoms with Crippen LogP contribution >= 0.6 is 15.9 Å². The molecule has 6 nitrogen and oxygen atoms in total. The van der Waals surface area contributed by atoms with Gasteiger partial charge in [0.2, 0.25) is 0 Å². The molecule has 1 aliphatic heterocycles. The van der Waals surface area contributed by atoms with E-state index in [-0.39, 0.29) is 13.2 Å². The van der Waals surface area contributed by atoms with E-state index in [9.17, 15) is 9.59 Å². The maximum Gasteiger partial charge on any atom is 0.328 e. The average molecular weight is 343 g/mol. The number of urea groups is 1. The third kappa shape index (κ3) is 3.49. The fourth-order valence-corrected chi connectivity index (χ4v) is 2.39. The molecule has 2 amide bonds. The molecule has 1 atom stereocenters. The van der Waals surface area contributed by atoms with Crippen molar-refractivity contribution in [3.05, 3.63) is 34.3 Å². The molecular weight excluding hydrogens is 328 g/mol. The van der Waals surface area contributed by atoms with Crippen LogP contribution in [0.5, 0.6) is 0 Å². The van der Waals surface area contributed by atoms with Gasteiger partial charge in [0.15, 0.2) is 6.04 Å². The van der Waals surface area contributed by atoms with Crippen molar-refractivity contribution in [2.75, 3.05) is 19.8 Å².